The van der Waals surface area contributed by atoms with Gasteiger partial charge in [0.1, 0.15) is 16.2 Å². The van der Waals surface area contributed by atoms with Crippen molar-refractivity contribution in [1.82, 2.24) is 15.0 Å². The summed E-state index contributed by atoms with van der Waals surface area (Å²) in [7, 11) is 0. The number of carbonyl (C=O) groups excluding carboxylic acids is 2. The first-order valence-corrected chi connectivity index (χ1v) is 9.04. The van der Waals surface area contributed by atoms with E-state index in [4.69, 9.17) is 0 Å². The molecule has 0 radical (unpaired) electrons. The van der Waals surface area contributed by atoms with Crippen LogP contribution < -0.4 is 5.01 Å². The van der Waals surface area contributed by atoms with Gasteiger partial charge in [0, 0.05) is 16.5 Å². The third-order valence-corrected chi connectivity index (χ3v) is 5.60. The quantitative estimate of drug-likeness (QED) is 0.709. The Morgan fingerprint density at radius 2 is 2.08 bits per heavy atom. The highest BCUT2D eigenvalue weighted by atomic mass is 32.1. The van der Waals surface area contributed by atoms with Gasteiger partial charge in [-0.05, 0) is 30.5 Å². The lowest BCUT2D eigenvalue weighted by molar-refractivity contribution is -0.137. The van der Waals surface area contributed by atoms with Crippen LogP contribution >= 0.6 is 22.7 Å². The molecule has 7 nitrogen and oxygen atoms in total. The van der Waals surface area contributed by atoms with Crippen molar-refractivity contribution in [3.8, 4) is 0 Å². The molecule has 0 saturated carbocycles. The first-order chi connectivity index (χ1) is 12.1. The standard InChI is InChI=1S/C16H12N4O3S2/c1-9-6-12(22)19(16(9)23)20(13-3-2-10(7-21)25-13)14-11-4-5-24-15(11)18-8-17-14/h2-6,8,21H,7H2,1H3. The van der Waals surface area contributed by atoms with Crippen LogP contribution in [0.2, 0.25) is 0 Å². The molecule has 25 heavy (non-hydrogen) atoms. The SMILES string of the molecule is CC1=CC(=O)N(N(c2ccc(CO)s2)c2ncnc3sccc23)C1=O. The van der Waals surface area contributed by atoms with E-state index in [0.717, 1.165) is 20.1 Å². The van der Waals surface area contributed by atoms with Gasteiger partial charge in [-0.1, -0.05) is 0 Å². The van der Waals surface area contributed by atoms with E-state index < -0.39 is 11.8 Å². The van der Waals surface area contributed by atoms with Crippen LogP contribution in [-0.4, -0.2) is 31.9 Å². The summed E-state index contributed by atoms with van der Waals surface area (Å²) in [6.07, 6.45) is 2.72. The molecule has 0 saturated heterocycles. The van der Waals surface area contributed by atoms with Gasteiger partial charge in [-0.15, -0.1) is 22.7 Å². The van der Waals surface area contributed by atoms with Crippen LogP contribution in [0.1, 0.15) is 11.8 Å². The highest BCUT2D eigenvalue weighted by molar-refractivity contribution is 7.17. The number of aliphatic hydroxyl groups is 1. The van der Waals surface area contributed by atoms with Crippen molar-refractivity contribution >= 4 is 55.5 Å². The second kappa shape index (κ2) is 6.03. The first kappa shape index (κ1) is 15.9. The Hall–Kier alpha value is -2.62. The number of nitrogens with zero attached hydrogens (tertiary/aromatic N) is 4. The lowest BCUT2D eigenvalue weighted by Crippen LogP contribution is -2.44. The number of aliphatic hydroxyl groups excluding tert-OH is 1. The van der Waals surface area contributed by atoms with Crippen molar-refractivity contribution in [2.75, 3.05) is 5.01 Å². The molecular formula is C16H12N4O3S2. The van der Waals surface area contributed by atoms with Gasteiger partial charge in [0.25, 0.3) is 11.8 Å². The summed E-state index contributed by atoms with van der Waals surface area (Å²) < 4.78 is 0. The Bertz CT molecular complexity index is 1020. The number of aromatic nitrogens is 2. The molecule has 1 N–H and O–H groups in total. The second-order valence-corrected chi connectivity index (χ2v) is 7.37. The van der Waals surface area contributed by atoms with Gasteiger partial charge < -0.3 is 5.11 Å². The zero-order chi connectivity index (χ0) is 17.6. The van der Waals surface area contributed by atoms with Crippen molar-refractivity contribution in [2.24, 2.45) is 0 Å². The zero-order valence-electron chi connectivity index (χ0n) is 13.0. The summed E-state index contributed by atoms with van der Waals surface area (Å²) in [4.78, 5) is 35.0. The minimum atomic E-state index is -0.427. The normalized spacial score (nSPS) is 14.5. The van der Waals surface area contributed by atoms with Crippen molar-refractivity contribution in [2.45, 2.75) is 13.5 Å². The molecule has 1 aliphatic heterocycles. The van der Waals surface area contributed by atoms with E-state index in [-0.39, 0.29) is 6.61 Å². The van der Waals surface area contributed by atoms with Crippen LogP contribution in [0, 0.1) is 0 Å². The van der Waals surface area contributed by atoms with Gasteiger partial charge >= 0.3 is 0 Å². The smallest absolute Gasteiger partial charge is 0.276 e. The van der Waals surface area contributed by atoms with Crippen molar-refractivity contribution < 1.29 is 14.7 Å². The number of carbonyl (C=O) groups is 2. The third-order valence-electron chi connectivity index (χ3n) is 3.73. The van der Waals surface area contributed by atoms with Crippen molar-refractivity contribution in [3.05, 3.63) is 46.4 Å². The molecule has 0 unspecified atom stereocenters. The van der Waals surface area contributed by atoms with Gasteiger partial charge in [0.15, 0.2) is 5.82 Å². The molecule has 4 rings (SSSR count). The molecule has 3 aromatic rings. The number of hydrogen-bond acceptors (Lipinski definition) is 8. The average molecular weight is 372 g/mol. The highest BCUT2D eigenvalue weighted by Crippen LogP contribution is 2.38. The molecule has 2 amide bonds. The van der Waals surface area contributed by atoms with Gasteiger partial charge in [0.05, 0.1) is 12.0 Å². The maximum atomic E-state index is 12.6. The topological polar surface area (TPSA) is 86.6 Å². The summed E-state index contributed by atoms with van der Waals surface area (Å²) >= 11 is 2.74. The van der Waals surface area contributed by atoms with E-state index in [9.17, 15) is 14.7 Å². The Kier molecular flexibility index (Phi) is 3.83. The van der Waals surface area contributed by atoms with E-state index >= 15 is 0 Å². The van der Waals surface area contributed by atoms with E-state index in [1.54, 1.807) is 19.1 Å². The van der Waals surface area contributed by atoms with Crippen LogP contribution in [0.25, 0.3) is 10.2 Å². The minimum absolute atomic E-state index is 0.116. The van der Waals surface area contributed by atoms with Gasteiger partial charge in [-0.3, -0.25) is 9.59 Å². The Morgan fingerprint density at radius 1 is 1.24 bits per heavy atom. The van der Waals surface area contributed by atoms with E-state index in [0.29, 0.717) is 16.4 Å². The highest BCUT2D eigenvalue weighted by Gasteiger charge is 2.37. The molecule has 0 fully saturated rings. The maximum absolute atomic E-state index is 12.6. The molecule has 1 aliphatic rings. The van der Waals surface area contributed by atoms with Crippen LogP contribution in [0.5, 0.6) is 0 Å². The summed E-state index contributed by atoms with van der Waals surface area (Å²) in [5, 5.41) is 15.2. The Labute approximate surface area is 150 Å². The van der Waals surface area contributed by atoms with Crippen LogP contribution in [-0.2, 0) is 16.2 Å². The van der Waals surface area contributed by atoms with E-state index in [1.807, 2.05) is 11.4 Å². The second-order valence-electron chi connectivity index (χ2n) is 5.33. The number of thiophene rings is 2. The van der Waals surface area contributed by atoms with Crippen LogP contribution in [0.4, 0.5) is 10.8 Å². The first-order valence-electron chi connectivity index (χ1n) is 7.34. The van der Waals surface area contributed by atoms with Crippen molar-refractivity contribution in [1.29, 1.82) is 0 Å². The van der Waals surface area contributed by atoms with E-state index in [2.05, 4.69) is 9.97 Å². The fraction of sp³-hybridized carbons (Fsp3) is 0.125. The summed E-state index contributed by atoms with van der Waals surface area (Å²) in [6.45, 7) is 1.49. The largest absolute Gasteiger partial charge is 0.391 e. The molecule has 126 valence electrons. The fourth-order valence-electron chi connectivity index (χ4n) is 2.57. The summed E-state index contributed by atoms with van der Waals surface area (Å²) in [6, 6.07) is 5.36. The van der Waals surface area contributed by atoms with Gasteiger partial charge in [-0.2, -0.15) is 5.01 Å². The minimum Gasteiger partial charge on any atom is -0.391 e. The molecule has 0 bridgehead atoms. The molecule has 0 atom stereocenters. The Morgan fingerprint density at radius 3 is 2.76 bits per heavy atom. The van der Waals surface area contributed by atoms with E-state index in [1.165, 1.54) is 40.1 Å². The van der Waals surface area contributed by atoms with Crippen molar-refractivity contribution in [3.63, 3.8) is 0 Å². The molecule has 4 heterocycles. The van der Waals surface area contributed by atoms with Crippen LogP contribution in [0.3, 0.4) is 0 Å². The van der Waals surface area contributed by atoms with Crippen LogP contribution in [0.15, 0.2) is 41.6 Å². The monoisotopic (exact) mass is 372 g/mol. The number of imide groups is 1. The predicted octanol–water partition coefficient (Wildman–Crippen LogP) is 2.61. The number of amides is 2. The third kappa shape index (κ3) is 2.53. The number of rotatable bonds is 4. The predicted molar refractivity (Wildman–Crippen MR) is 95.4 cm³/mol. The molecule has 0 aromatic carbocycles. The number of anilines is 2. The molecule has 0 spiro atoms. The summed E-state index contributed by atoms with van der Waals surface area (Å²) in [5.41, 5.74) is 0.365. The maximum Gasteiger partial charge on any atom is 0.276 e. The zero-order valence-corrected chi connectivity index (χ0v) is 14.7. The average Bonchev–Trinajstić information content (AvgIpc) is 3.31. The molecule has 0 aliphatic carbocycles. The van der Waals surface area contributed by atoms with Gasteiger partial charge in [-0.25, -0.2) is 15.0 Å². The molecular weight excluding hydrogens is 360 g/mol. The molecule has 3 aromatic heterocycles. The fourth-order valence-corrected chi connectivity index (χ4v) is 4.16. The lowest BCUT2D eigenvalue weighted by atomic mass is 10.3. The number of hydrogen-bond donors (Lipinski definition) is 1. The lowest BCUT2D eigenvalue weighted by Gasteiger charge is -2.30. The molecule has 9 heteroatoms. The van der Waals surface area contributed by atoms with Gasteiger partial charge in [0.2, 0.25) is 0 Å². The Balaban J connectivity index is 1.92. The number of hydrazine groups is 1. The summed E-state index contributed by atoms with van der Waals surface area (Å²) in [5.74, 6) is -0.378. The number of fused-ring (bicyclic) bond motifs is 1.